The Labute approximate surface area is 61.4 Å². The van der Waals surface area contributed by atoms with Gasteiger partial charge in [-0.15, -0.1) is 0 Å². The van der Waals surface area contributed by atoms with E-state index >= 15 is 0 Å². The molecule has 4 heteroatoms. The minimum atomic E-state index is -0.796. The van der Waals surface area contributed by atoms with Crippen LogP contribution in [0.2, 0.25) is 0 Å². The van der Waals surface area contributed by atoms with E-state index < -0.39 is 11.6 Å². The maximum Gasteiger partial charge on any atom is 0.423 e. The minimum Gasteiger partial charge on any atom is -0.418 e. The van der Waals surface area contributed by atoms with Crippen molar-refractivity contribution >= 4 is 6.47 Å². The summed E-state index contributed by atoms with van der Waals surface area (Å²) >= 11 is 0. The Hall–Kier alpha value is -1.45. The summed E-state index contributed by atoms with van der Waals surface area (Å²) in [4.78, 5) is 9.60. The molecule has 0 heterocycles. The quantitative estimate of drug-likeness (QED) is 0.648. The minimum absolute atomic E-state index is 0.197. The van der Waals surface area contributed by atoms with Gasteiger partial charge in [-0.1, -0.05) is 0 Å². The molecule has 1 aromatic carbocycles. The third kappa shape index (κ3) is 2.00. The molecule has 0 atom stereocenters. The largest absolute Gasteiger partial charge is 0.423 e. The third-order valence-electron chi connectivity index (χ3n) is 0.996. The van der Waals surface area contributed by atoms with Gasteiger partial charge in [0.15, 0.2) is 0 Å². The van der Waals surface area contributed by atoms with Gasteiger partial charge in [0, 0.05) is 18.2 Å². The van der Waals surface area contributed by atoms with Gasteiger partial charge in [0.1, 0.15) is 17.4 Å². The molecule has 57 valence electrons. The number of benzene rings is 1. The smallest absolute Gasteiger partial charge is 0.418 e. The topological polar surface area (TPSA) is 26.3 Å². The molecule has 0 bridgehead atoms. The Morgan fingerprint density at radius 2 is 1.73 bits per heavy atom. The number of ether oxygens (including phenoxy) is 1. The highest BCUT2D eigenvalue weighted by Crippen LogP contribution is 2.14. The highest BCUT2D eigenvalue weighted by atomic mass is 19.1. The lowest BCUT2D eigenvalue weighted by molar-refractivity contribution is 0.437. The van der Waals surface area contributed by atoms with E-state index in [2.05, 4.69) is 4.74 Å². The van der Waals surface area contributed by atoms with Crippen molar-refractivity contribution in [2.75, 3.05) is 0 Å². The lowest BCUT2D eigenvalue weighted by Gasteiger charge is -1.95. The molecule has 0 saturated heterocycles. The number of halogens is 2. The molecule has 0 N–H and O–H groups in total. The summed E-state index contributed by atoms with van der Waals surface area (Å²) < 4.78 is 28.7. The van der Waals surface area contributed by atoms with Gasteiger partial charge < -0.3 is 4.74 Å². The van der Waals surface area contributed by atoms with Gasteiger partial charge in [-0.05, 0) is 0 Å². The van der Waals surface area contributed by atoms with E-state index in [4.69, 9.17) is 0 Å². The molecule has 0 aliphatic carbocycles. The van der Waals surface area contributed by atoms with E-state index in [9.17, 15) is 13.6 Å². The van der Waals surface area contributed by atoms with Crippen LogP contribution in [0.4, 0.5) is 8.78 Å². The first kappa shape index (κ1) is 7.65. The van der Waals surface area contributed by atoms with Crippen molar-refractivity contribution in [3.05, 3.63) is 29.8 Å². The van der Waals surface area contributed by atoms with Crippen molar-refractivity contribution in [2.45, 2.75) is 0 Å². The molecule has 1 radical (unpaired) electrons. The van der Waals surface area contributed by atoms with Crippen molar-refractivity contribution in [3.8, 4) is 5.75 Å². The van der Waals surface area contributed by atoms with E-state index in [1.54, 1.807) is 0 Å². The van der Waals surface area contributed by atoms with Crippen LogP contribution in [-0.2, 0) is 4.79 Å². The lowest BCUT2D eigenvalue weighted by Crippen LogP contribution is -1.90. The standard InChI is InChI=1S/C7H3F2O2/c8-5-1-6(9)3-7(2-5)11-4-10/h1-3H. The molecule has 1 aromatic rings. The Morgan fingerprint density at radius 3 is 2.18 bits per heavy atom. The van der Waals surface area contributed by atoms with E-state index in [0.29, 0.717) is 6.07 Å². The van der Waals surface area contributed by atoms with Gasteiger partial charge in [-0.3, -0.25) is 0 Å². The summed E-state index contributed by atoms with van der Waals surface area (Å²) in [6, 6.07) is 2.44. The van der Waals surface area contributed by atoms with Gasteiger partial charge >= 0.3 is 6.47 Å². The van der Waals surface area contributed by atoms with Gasteiger partial charge in [0.2, 0.25) is 0 Å². The fraction of sp³-hybridized carbons (Fsp3) is 0. The molecular weight excluding hydrogens is 154 g/mol. The van der Waals surface area contributed by atoms with Crippen LogP contribution in [0.15, 0.2) is 18.2 Å². The van der Waals surface area contributed by atoms with Gasteiger partial charge in [-0.2, -0.15) is 0 Å². The third-order valence-corrected chi connectivity index (χ3v) is 0.996. The average molecular weight is 157 g/mol. The second-order valence-electron chi connectivity index (χ2n) is 1.79. The van der Waals surface area contributed by atoms with Gasteiger partial charge in [-0.25, -0.2) is 13.6 Å². The van der Waals surface area contributed by atoms with Crippen LogP contribution < -0.4 is 4.74 Å². The SMILES string of the molecule is O=[C]Oc1cc(F)cc(F)c1. The molecule has 0 aliphatic heterocycles. The molecule has 11 heavy (non-hydrogen) atoms. The average Bonchev–Trinajstić information content (AvgIpc) is 1.85. The number of rotatable bonds is 2. The van der Waals surface area contributed by atoms with Crippen molar-refractivity contribution in [1.82, 2.24) is 0 Å². The fourth-order valence-corrected chi connectivity index (χ4v) is 0.636. The second-order valence-corrected chi connectivity index (χ2v) is 1.79. The van der Waals surface area contributed by atoms with Gasteiger partial charge in [0.05, 0.1) is 0 Å². The lowest BCUT2D eigenvalue weighted by atomic mass is 10.3. The maximum atomic E-state index is 12.3. The summed E-state index contributed by atoms with van der Waals surface area (Å²) in [6.45, 7) is 1.06. The van der Waals surface area contributed by atoms with Crippen molar-refractivity contribution < 1.29 is 18.3 Å². The first-order valence-corrected chi connectivity index (χ1v) is 2.72. The summed E-state index contributed by atoms with van der Waals surface area (Å²) in [6.07, 6.45) is 0. The molecule has 0 amide bonds. The Kier molecular flexibility index (Phi) is 2.15. The van der Waals surface area contributed by atoms with Crippen molar-refractivity contribution in [2.24, 2.45) is 0 Å². The van der Waals surface area contributed by atoms with Crippen LogP contribution in [0.3, 0.4) is 0 Å². The summed E-state index contributed by atoms with van der Waals surface area (Å²) in [5, 5.41) is 0. The highest BCUT2D eigenvalue weighted by molar-refractivity contribution is 5.45. The monoisotopic (exact) mass is 157 g/mol. The van der Waals surface area contributed by atoms with Crippen LogP contribution in [-0.4, -0.2) is 6.47 Å². The zero-order valence-electron chi connectivity index (χ0n) is 5.30. The maximum absolute atomic E-state index is 12.3. The second kappa shape index (κ2) is 3.09. The first-order valence-electron chi connectivity index (χ1n) is 2.72. The zero-order valence-corrected chi connectivity index (χ0v) is 5.30. The summed E-state index contributed by atoms with van der Waals surface area (Å²) in [5.41, 5.74) is 0. The Morgan fingerprint density at radius 1 is 1.18 bits per heavy atom. The molecule has 0 unspecified atom stereocenters. The number of hydrogen-bond acceptors (Lipinski definition) is 2. The van der Waals surface area contributed by atoms with Crippen LogP contribution in [0.1, 0.15) is 0 Å². The van der Waals surface area contributed by atoms with Crippen LogP contribution in [0.5, 0.6) is 5.75 Å². The molecule has 0 aliphatic rings. The molecule has 0 saturated carbocycles. The van der Waals surface area contributed by atoms with Crippen molar-refractivity contribution in [1.29, 1.82) is 0 Å². The fourth-order valence-electron chi connectivity index (χ4n) is 0.636. The molecule has 2 nitrogen and oxygen atoms in total. The molecular formula is C7H3F2O2. The number of carbonyl (C=O) groups excluding carboxylic acids is 1. The molecule has 0 fully saturated rings. The normalized spacial score (nSPS) is 9.27. The zero-order chi connectivity index (χ0) is 8.27. The first-order chi connectivity index (χ1) is 5.22. The number of hydrogen-bond donors (Lipinski definition) is 0. The van der Waals surface area contributed by atoms with Crippen LogP contribution in [0.25, 0.3) is 0 Å². The van der Waals surface area contributed by atoms with Crippen LogP contribution >= 0.6 is 0 Å². The summed E-state index contributed by atoms with van der Waals surface area (Å²) in [5.74, 6) is -1.79. The summed E-state index contributed by atoms with van der Waals surface area (Å²) in [7, 11) is 0. The predicted molar refractivity (Wildman–Crippen MR) is 32.7 cm³/mol. The van der Waals surface area contributed by atoms with Gasteiger partial charge in [0.25, 0.3) is 0 Å². The highest BCUT2D eigenvalue weighted by Gasteiger charge is 2.00. The Balaban J connectivity index is 2.98. The molecule has 1 rings (SSSR count). The van der Waals surface area contributed by atoms with E-state index in [1.165, 1.54) is 0 Å². The Bertz CT molecular complexity index is 253. The predicted octanol–water partition coefficient (Wildman–Crippen LogP) is 1.41. The van der Waals surface area contributed by atoms with E-state index in [-0.39, 0.29) is 5.75 Å². The van der Waals surface area contributed by atoms with E-state index in [1.807, 2.05) is 0 Å². The van der Waals surface area contributed by atoms with Crippen molar-refractivity contribution in [3.63, 3.8) is 0 Å². The molecule has 0 spiro atoms. The van der Waals surface area contributed by atoms with E-state index in [0.717, 1.165) is 18.6 Å². The van der Waals surface area contributed by atoms with Crippen LogP contribution in [0, 0.1) is 11.6 Å². The molecule has 0 aromatic heterocycles.